The summed E-state index contributed by atoms with van der Waals surface area (Å²) in [5.41, 5.74) is 8.18. The van der Waals surface area contributed by atoms with Crippen LogP contribution in [0.5, 0.6) is 0 Å². The van der Waals surface area contributed by atoms with Gasteiger partial charge in [0.15, 0.2) is 0 Å². The molecule has 17 heavy (non-hydrogen) atoms. The second kappa shape index (κ2) is 5.19. The van der Waals surface area contributed by atoms with Crippen molar-refractivity contribution >= 4 is 11.6 Å². The number of nitrogens with zero attached hydrogens (tertiary/aromatic N) is 1. The third-order valence-electron chi connectivity index (χ3n) is 3.04. The Balaban J connectivity index is 1.95. The molecule has 0 saturated carbocycles. The molecule has 0 radical (unpaired) electrons. The van der Waals surface area contributed by atoms with Crippen LogP contribution in [0, 0.1) is 0 Å². The fourth-order valence-electron chi connectivity index (χ4n) is 2.11. The van der Waals surface area contributed by atoms with Crippen LogP contribution in [0.3, 0.4) is 0 Å². The molecule has 0 bridgehead atoms. The highest BCUT2D eigenvalue weighted by molar-refractivity contribution is 5.99. The molecule has 0 saturated heterocycles. The zero-order valence-corrected chi connectivity index (χ0v) is 10.1. The lowest BCUT2D eigenvalue weighted by Gasteiger charge is -2.14. The first-order valence-corrected chi connectivity index (χ1v) is 5.89. The molecule has 4 heteroatoms. The Bertz CT molecular complexity index is 418. The Hall–Kier alpha value is -1.55. The second-order valence-corrected chi connectivity index (χ2v) is 4.34. The minimum absolute atomic E-state index is 0.102. The first kappa shape index (κ1) is 11.9. The van der Waals surface area contributed by atoms with Gasteiger partial charge in [-0.15, -0.1) is 0 Å². The van der Waals surface area contributed by atoms with Crippen molar-refractivity contribution in [3.8, 4) is 0 Å². The maximum Gasteiger partial charge on any atom is 0.254 e. The Morgan fingerprint density at radius 2 is 2.24 bits per heavy atom. The summed E-state index contributed by atoms with van der Waals surface area (Å²) in [4.78, 5) is 13.9. The zero-order valence-electron chi connectivity index (χ0n) is 10.1. The van der Waals surface area contributed by atoms with E-state index in [1.807, 2.05) is 17.0 Å². The SMILES string of the molecule is COCCCCN1Cc2ccc(N)cc2C1=O. The van der Waals surface area contributed by atoms with Crippen LogP contribution in [-0.4, -0.2) is 31.1 Å². The number of nitrogens with two attached hydrogens (primary N) is 1. The Morgan fingerprint density at radius 3 is 3.00 bits per heavy atom. The van der Waals surface area contributed by atoms with Gasteiger partial charge in [0, 0.05) is 38.1 Å². The van der Waals surface area contributed by atoms with Crippen molar-refractivity contribution in [2.75, 3.05) is 26.0 Å². The van der Waals surface area contributed by atoms with Crippen LogP contribution in [0.4, 0.5) is 5.69 Å². The van der Waals surface area contributed by atoms with Gasteiger partial charge in [0.25, 0.3) is 5.91 Å². The molecule has 0 aliphatic carbocycles. The second-order valence-electron chi connectivity index (χ2n) is 4.34. The van der Waals surface area contributed by atoms with E-state index in [4.69, 9.17) is 10.5 Å². The number of amides is 1. The molecule has 0 aromatic heterocycles. The number of carbonyl (C=O) groups excluding carboxylic acids is 1. The van der Waals surface area contributed by atoms with Crippen LogP contribution in [0.15, 0.2) is 18.2 Å². The quantitative estimate of drug-likeness (QED) is 0.622. The average Bonchev–Trinajstić information content (AvgIpc) is 2.62. The molecule has 92 valence electrons. The van der Waals surface area contributed by atoms with E-state index in [9.17, 15) is 4.79 Å². The van der Waals surface area contributed by atoms with Gasteiger partial charge in [-0.2, -0.15) is 0 Å². The van der Waals surface area contributed by atoms with E-state index in [1.165, 1.54) is 0 Å². The van der Waals surface area contributed by atoms with E-state index in [1.54, 1.807) is 13.2 Å². The first-order valence-electron chi connectivity index (χ1n) is 5.89. The third-order valence-corrected chi connectivity index (χ3v) is 3.04. The van der Waals surface area contributed by atoms with E-state index in [-0.39, 0.29) is 5.91 Å². The molecule has 1 amide bonds. The summed E-state index contributed by atoms with van der Waals surface area (Å²) >= 11 is 0. The first-order chi connectivity index (χ1) is 8.22. The van der Waals surface area contributed by atoms with Crippen molar-refractivity contribution < 1.29 is 9.53 Å². The van der Waals surface area contributed by atoms with Gasteiger partial charge in [-0.3, -0.25) is 4.79 Å². The smallest absolute Gasteiger partial charge is 0.254 e. The Morgan fingerprint density at radius 1 is 1.41 bits per heavy atom. The average molecular weight is 234 g/mol. The Labute approximate surface area is 101 Å². The lowest BCUT2D eigenvalue weighted by Crippen LogP contribution is -2.25. The van der Waals surface area contributed by atoms with E-state index in [2.05, 4.69) is 0 Å². The minimum atomic E-state index is 0.102. The monoisotopic (exact) mass is 234 g/mol. The van der Waals surface area contributed by atoms with Crippen LogP contribution in [-0.2, 0) is 11.3 Å². The van der Waals surface area contributed by atoms with Gasteiger partial charge < -0.3 is 15.4 Å². The molecule has 1 aromatic carbocycles. The molecule has 1 aromatic rings. The highest BCUT2D eigenvalue weighted by Crippen LogP contribution is 2.24. The van der Waals surface area contributed by atoms with Crippen LogP contribution < -0.4 is 5.73 Å². The molecule has 2 N–H and O–H groups in total. The summed E-state index contributed by atoms with van der Waals surface area (Å²) in [7, 11) is 1.69. The van der Waals surface area contributed by atoms with E-state index < -0.39 is 0 Å². The van der Waals surface area contributed by atoms with Gasteiger partial charge >= 0.3 is 0 Å². The summed E-state index contributed by atoms with van der Waals surface area (Å²) in [6, 6.07) is 5.56. The number of rotatable bonds is 5. The number of unbranched alkanes of at least 4 members (excludes halogenated alkanes) is 1. The number of carbonyl (C=O) groups is 1. The topological polar surface area (TPSA) is 55.6 Å². The number of anilines is 1. The van der Waals surface area contributed by atoms with Crippen molar-refractivity contribution in [3.05, 3.63) is 29.3 Å². The number of methoxy groups -OCH3 is 1. The third kappa shape index (κ3) is 2.58. The maximum atomic E-state index is 12.1. The molecule has 0 unspecified atom stereocenters. The molecule has 1 aliphatic heterocycles. The molecular weight excluding hydrogens is 216 g/mol. The lowest BCUT2D eigenvalue weighted by molar-refractivity contribution is 0.0771. The Kier molecular flexibility index (Phi) is 3.64. The summed E-state index contributed by atoms with van der Waals surface area (Å²) in [5.74, 6) is 0.102. The molecule has 4 nitrogen and oxygen atoms in total. The van der Waals surface area contributed by atoms with Crippen molar-refractivity contribution in [2.24, 2.45) is 0 Å². The molecule has 0 atom stereocenters. The fraction of sp³-hybridized carbons (Fsp3) is 0.462. The zero-order chi connectivity index (χ0) is 12.3. The van der Waals surface area contributed by atoms with Crippen LogP contribution in [0.2, 0.25) is 0 Å². The van der Waals surface area contributed by atoms with E-state index in [0.717, 1.165) is 37.1 Å². The highest BCUT2D eigenvalue weighted by Gasteiger charge is 2.26. The molecular formula is C13H18N2O2. The highest BCUT2D eigenvalue weighted by atomic mass is 16.5. The number of fused-ring (bicyclic) bond motifs is 1. The van der Waals surface area contributed by atoms with Gasteiger partial charge in [0.1, 0.15) is 0 Å². The predicted molar refractivity (Wildman–Crippen MR) is 66.7 cm³/mol. The van der Waals surface area contributed by atoms with Crippen molar-refractivity contribution in [3.63, 3.8) is 0 Å². The van der Waals surface area contributed by atoms with Gasteiger partial charge in [0.2, 0.25) is 0 Å². The predicted octanol–water partition coefficient (Wildman–Crippen LogP) is 1.65. The maximum absolute atomic E-state index is 12.1. The normalized spacial score (nSPS) is 14.2. The summed E-state index contributed by atoms with van der Waals surface area (Å²) in [6.45, 7) is 2.25. The lowest BCUT2D eigenvalue weighted by atomic mass is 10.1. The van der Waals surface area contributed by atoms with Gasteiger partial charge in [-0.05, 0) is 30.5 Å². The molecule has 0 spiro atoms. The van der Waals surface area contributed by atoms with Crippen molar-refractivity contribution in [1.29, 1.82) is 0 Å². The van der Waals surface area contributed by atoms with Gasteiger partial charge in [-0.1, -0.05) is 6.07 Å². The molecule has 1 aliphatic rings. The van der Waals surface area contributed by atoms with Crippen molar-refractivity contribution in [1.82, 2.24) is 4.90 Å². The van der Waals surface area contributed by atoms with Crippen LogP contribution in [0.25, 0.3) is 0 Å². The molecule has 1 heterocycles. The summed E-state index contributed by atoms with van der Waals surface area (Å²) in [6.07, 6.45) is 1.96. The molecule has 0 fully saturated rings. The van der Waals surface area contributed by atoms with Gasteiger partial charge in [0.05, 0.1) is 0 Å². The standard InChI is InChI=1S/C13H18N2O2/c1-17-7-3-2-6-15-9-10-4-5-11(14)8-12(10)13(15)16/h4-5,8H,2-3,6-7,9,14H2,1H3. The van der Waals surface area contributed by atoms with E-state index in [0.29, 0.717) is 12.2 Å². The van der Waals surface area contributed by atoms with Crippen LogP contribution in [0.1, 0.15) is 28.8 Å². The number of ether oxygens (including phenoxy) is 1. The fourth-order valence-corrected chi connectivity index (χ4v) is 2.11. The minimum Gasteiger partial charge on any atom is -0.399 e. The molecule has 2 rings (SSSR count). The van der Waals surface area contributed by atoms with Crippen molar-refractivity contribution in [2.45, 2.75) is 19.4 Å². The van der Waals surface area contributed by atoms with E-state index >= 15 is 0 Å². The summed E-state index contributed by atoms with van der Waals surface area (Å²) < 4.78 is 4.99. The summed E-state index contributed by atoms with van der Waals surface area (Å²) in [5, 5.41) is 0. The number of benzene rings is 1. The largest absolute Gasteiger partial charge is 0.399 e. The number of hydrogen-bond donors (Lipinski definition) is 1. The van der Waals surface area contributed by atoms with Crippen LogP contribution >= 0.6 is 0 Å². The van der Waals surface area contributed by atoms with Gasteiger partial charge in [-0.25, -0.2) is 0 Å². The number of hydrogen-bond acceptors (Lipinski definition) is 3. The number of nitrogen functional groups attached to an aromatic ring is 1.